The van der Waals surface area contributed by atoms with Crippen molar-refractivity contribution >= 4 is 31.9 Å². The number of aromatic nitrogens is 1. The molecule has 1 heterocycles. The number of nitrogens with zero attached hydrogens (tertiary/aromatic N) is 1. The maximum atomic E-state index is 5.89. The van der Waals surface area contributed by atoms with Gasteiger partial charge in [-0.1, -0.05) is 22.0 Å². The van der Waals surface area contributed by atoms with Crippen LogP contribution in [0.5, 0.6) is 11.6 Å². The molecule has 18 heavy (non-hydrogen) atoms. The Morgan fingerprint density at radius 2 is 2.06 bits per heavy atom. The number of hydrogen-bond acceptors (Lipinski definition) is 3. The van der Waals surface area contributed by atoms with Crippen molar-refractivity contribution in [2.75, 3.05) is 0 Å². The van der Waals surface area contributed by atoms with Gasteiger partial charge in [-0.2, -0.15) is 0 Å². The predicted molar refractivity (Wildman–Crippen MR) is 78.8 cm³/mol. The number of rotatable bonds is 3. The molecule has 0 aliphatic heterocycles. The van der Waals surface area contributed by atoms with Crippen molar-refractivity contribution in [3.05, 3.63) is 51.0 Å². The summed E-state index contributed by atoms with van der Waals surface area (Å²) in [6, 6.07) is 9.34. The highest BCUT2D eigenvalue weighted by molar-refractivity contribution is 9.11. The van der Waals surface area contributed by atoms with Crippen molar-refractivity contribution in [3.63, 3.8) is 0 Å². The van der Waals surface area contributed by atoms with Crippen molar-refractivity contribution in [2.45, 2.75) is 13.0 Å². The van der Waals surface area contributed by atoms with Gasteiger partial charge in [-0.25, -0.2) is 4.98 Å². The van der Waals surface area contributed by atoms with Crippen molar-refractivity contribution in [2.24, 2.45) is 5.73 Å². The molecule has 3 nitrogen and oxygen atoms in total. The van der Waals surface area contributed by atoms with Crippen LogP contribution in [0.3, 0.4) is 0 Å². The van der Waals surface area contributed by atoms with Crippen molar-refractivity contribution < 1.29 is 4.74 Å². The Kier molecular flexibility index (Phi) is 4.37. The minimum absolute atomic E-state index is 0.122. The topological polar surface area (TPSA) is 48.1 Å². The molecule has 1 aromatic heterocycles. The molecule has 0 bridgehead atoms. The van der Waals surface area contributed by atoms with Crippen LogP contribution in [0.4, 0.5) is 0 Å². The van der Waals surface area contributed by atoms with E-state index < -0.39 is 0 Å². The van der Waals surface area contributed by atoms with Crippen molar-refractivity contribution in [1.82, 2.24) is 4.98 Å². The summed E-state index contributed by atoms with van der Waals surface area (Å²) in [6.07, 6.45) is 1.69. The van der Waals surface area contributed by atoms with Gasteiger partial charge < -0.3 is 10.5 Å². The molecule has 0 spiro atoms. The van der Waals surface area contributed by atoms with E-state index in [-0.39, 0.29) is 6.04 Å². The van der Waals surface area contributed by atoms with E-state index in [0.29, 0.717) is 11.6 Å². The van der Waals surface area contributed by atoms with Crippen molar-refractivity contribution in [3.8, 4) is 11.6 Å². The van der Waals surface area contributed by atoms with Gasteiger partial charge in [0.15, 0.2) is 0 Å². The first kappa shape index (κ1) is 13.5. The zero-order valence-electron chi connectivity index (χ0n) is 9.73. The standard InChI is InChI=1S/C13H12Br2N2O/c1-8(16)10-3-2-6-17-13(10)18-12-5-4-9(14)7-11(12)15/h2-8H,16H2,1H3/t8-/m1/s1. The van der Waals surface area contributed by atoms with E-state index >= 15 is 0 Å². The number of benzene rings is 1. The lowest BCUT2D eigenvalue weighted by atomic mass is 10.1. The van der Waals surface area contributed by atoms with Crippen LogP contribution < -0.4 is 10.5 Å². The van der Waals surface area contributed by atoms with Gasteiger partial charge in [0.1, 0.15) is 5.75 Å². The highest BCUT2D eigenvalue weighted by Crippen LogP contribution is 2.33. The minimum Gasteiger partial charge on any atom is -0.437 e. The summed E-state index contributed by atoms with van der Waals surface area (Å²) in [5.74, 6) is 1.24. The van der Waals surface area contributed by atoms with E-state index in [1.807, 2.05) is 37.3 Å². The molecule has 0 fully saturated rings. The van der Waals surface area contributed by atoms with E-state index in [9.17, 15) is 0 Å². The lowest BCUT2D eigenvalue weighted by Crippen LogP contribution is -2.07. The number of nitrogens with two attached hydrogens (primary N) is 1. The zero-order chi connectivity index (χ0) is 13.1. The molecular formula is C13H12Br2N2O. The second-order valence-electron chi connectivity index (χ2n) is 3.86. The van der Waals surface area contributed by atoms with Gasteiger partial charge in [0.2, 0.25) is 5.88 Å². The molecule has 0 saturated heterocycles. The van der Waals surface area contributed by atoms with Crippen LogP contribution >= 0.6 is 31.9 Å². The molecule has 1 aromatic carbocycles. The molecule has 2 aromatic rings. The van der Waals surface area contributed by atoms with Gasteiger partial charge in [-0.3, -0.25) is 0 Å². The third kappa shape index (κ3) is 3.10. The third-order valence-corrected chi connectivity index (χ3v) is 3.50. The second kappa shape index (κ2) is 5.82. The average molecular weight is 372 g/mol. The summed E-state index contributed by atoms with van der Waals surface area (Å²) in [5, 5.41) is 0. The summed E-state index contributed by atoms with van der Waals surface area (Å²) in [7, 11) is 0. The van der Waals surface area contributed by atoms with E-state index in [1.54, 1.807) is 6.20 Å². The Bertz CT molecular complexity index is 558. The maximum Gasteiger partial charge on any atom is 0.224 e. The van der Waals surface area contributed by atoms with E-state index in [4.69, 9.17) is 10.5 Å². The minimum atomic E-state index is -0.122. The molecule has 1 atom stereocenters. The Labute approximate surface area is 123 Å². The fraction of sp³-hybridized carbons (Fsp3) is 0.154. The van der Waals surface area contributed by atoms with Crippen LogP contribution in [0.2, 0.25) is 0 Å². The average Bonchev–Trinajstić information content (AvgIpc) is 2.33. The van der Waals surface area contributed by atoms with Gasteiger partial charge in [0.25, 0.3) is 0 Å². The molecule has 5 heteroatoms. The van der Waals surface area contributed by atoms with Gasteiger partial charge >= 0.3 is 0 Å². The highest BCUT2D eigenvalue weighted by atomic mass is 79.9. The molecule has 2 N–H and O–H groups in total. The van der Waals surface area contributed by atoms with Crippen LogP contribution in [0.25, 0.3) is 0 Å². The molecule has 2 rings (SSSR count). The molecule has 0 aliphatic rings. The molecule has 0 radical (unpaired) electrons. The number of ether oxygens (including phenoxy) is 1. The van der Waals surface area contributed by atoms with E-state index in [1.165, 1.54) is 0 Å². The number of pyridine rings is 1. The Balaban J connectivity index is 2.34. The predicted octanol–water partition coefficient (Wildman–Crippen LogP) is 4.42. The van der Waals surface area contributed by atoms with Gasteiger partial charge in [-0.05, 0) is 47.1 Å². The monoisotopic (exact) mass is 370 g/mol. The quantitative estimate of drug-likeness (QED) is 0.868. The lowest BCUT2D eigenvalue weighted by molar-refractivity contribution is 0.449. The lowest BCUT2D eigenvalue weighted by Gasteiger charge is -2.13. The Morgan fingerprint density at radius 1 is 1.28 bits per heavy atom. The maximum absolute atomic E-state index is 5.89. The van der Waals surface area contributed by atoms with Crippen LogP contribution in [0.1, 0.15) is 18.5 Å². The van der Waals surface area contributed by atoms with Gasteiger partial charge in [0.05, 0.1) is 4.47 Å². The Hall–Kier alpha value is -0.910. The number of hydrogen-bond donors (Lipinski definition) is 1. The molecule has 0 unspecified atom stereocenters. The Morgan fingerprint density at radius 3 is 2.72 bits per heavy atom. The first-order chi connectivity index (χ1) is 8.58. The van der Waals surface area contributed by atoms with Crippen LogP contribution in [-0.2, 0) is 0 Å². The summed E-state index contributed by atoms with van der Waals surface area (Å²) in [4.78, 5) is 4.22. The highest BCUT2D eigenvalue weighted by Gasteiger charge is 2.11. The molecule has 0 amide bonds. The largest absolute Gasteiger partial charge is 0.437 e. The zero-order valence-corrected chi connectivity index (χ0v) is 12.9. The van der Waals surface area contributed by atoms with E-state index in [2.05, 4.69) is 36.8 Å². The summed E-state index contributed by atoms with van der Waals surface area (Å²) >= 11 is 6.85. The first-order valence-corrected chi connectivity index (χ1v) is 7.00. The molecule has 0 saturated carbocycles. The summed E-state index contributed by atoms with van der Waals surface area (Å²) < 4.78 is 7.64. The SMILES string of the molecule is C[C@@H](N)c1cccnc1Oc1ccc(Br)cc1Br. The third-order valence-electron chi connectivity index (χ3n) is 2.39. The summed E-state index contributed by atoms with van der Waals surface area (Å²) in [6.45, 7) is 1.90. The van der Waals surface area contributed by atoms with Gasteiger partial charge in [0, 0.05) is 22.3 Å². The van der Waals surface area contributed by atoms with Crippen molar-refractivity contribution in [1.29, 1.82) is 0 Å². The molecule has 94 valence electrons. The normalized spacial score (nSPS) is 12.2. The number of halogens is 2. The van der Waals surface area contributed by atoms with Crippen LogP contribution in [-0.4, -0.2) is 4.98 Å². The summed E-state index contributed by atoms with van der Waals surface area (Å²) in [5.41, 5.74) is 6.77. The smallest absolute Gasteiger partial charge is 0.224 e. The van der Waals surface area contributed by atoms with Crippen LogP contribution in [0.15, 0.2) is 45.5 Å². The molecular weight excluding hydrogens is 360 g/mol. The second-order valence-corrected chi connectivity index (χ2v) is 5.63. The fourth-order valence-corrected chi connectivity index (χ4v) is 2.63. The van der Waals surface area contributed by atoms with Gasteiger partial charge in [-0.15, -0.1) is 0 Å². The molecule has 0 aliphatic carbocycles. The fourth-order valence-electron chi connectivity index (χ4n) is 1.50. The van der Waals surface area contributed by atoms with Crippen LogP contribution in [0, 0.1) is 0 Å². The first-order valence-electron chi connectivity index (χ1n) is 5.41. The van der Waals surface area contributed by atoms with E-state index in [0.717, 1.165) is 14.5 Å².